The van der Waals surface area contributed by atoms with Gasteiger partial charge in [0.05, 0.1) is 18.8 Å². The number of morpholine rings is 1. The van der Waals surface area contributed by atoms with Crippen molar-refractivity contribution in [3.05, 3.63) is 62.3 Å². The number of benzene rings is 1. The molecular weight excluding hydrogens is 384 g/mol. The number of ketones is 1. The number of nitrogen functional groups attached to an aromatic ring is 1. The molecule has 1 saturated heterocycles. The molecule has 2 aromatic rings. The number of nitrogens with zero attached hydrogens (tertiary/aromatic N) is 3. The molecule has 0 radical (unpaired) electrons. The zero-order valence-corrected chi connectivity index (χ0v) is 18.0. The quantitative estimate of drug-likeness (QED) is 0.718. The van der Waals surface area contributed by atoms with Crippen LogP contribution < -0.4 is 17.0 Å². The summed E-state index contributed by atoms with van der Waals surface area (Å²) in [5.74, 6) is -0.300. The molecule has 2 N–H and O–H groups in total. The van der Waals surface area contributed by atoms with Crippen LogP contribution in [0.15, 0.2) is 39.9 Å². The molecule has 1 aliphatic heterocycles. The van der Waals surface area contributed by atoms with E-state index in [9.17, 15) is 14.4 Å². The predicted molar refractivity (Wildman–Crippen MR) is 116 cm³/mol. The third-order valence-corrected chi connectivity index (χ3v) is 5.28. The lowest BCUT2D eigenvalue weighted by Crippen LogP contribution is -2.47. The summed E-state index contributed by atoms with van der Waals surface area (Å²) in [6.07, 6.45) is -0.218. The van der Waals surface area contributed by atoms with Crippen LogP contribution in [0.2, 0.25) is 0 Å². The van der Waals surface area contributed by atoms with Crippen molar-refractivity contribution in [2.75, 3.05) is 25.4 Å². The maximum atomic E-state index is 13.1. The summed E-state index contributed by atoms with van der Waals surface area (Å²) in [6.45, 7) is 7.32. The third kappa shape index (κ3) is 4.55. The van der Waals surface area contributed by atoms with Gasteiger partial charge in [0.1, 0.15) is 11.4 Å². The van der Waals surface area contributed by atoms with Crippen molar-refractivity contribution in [2.24, 2.45) is 13.0 Å². The van der Waals surface area contributed by atoms with Crippen LogP contribution in [0.4, 0.5) is 5.82 Å². The summed E-state index contributed by atoms with van der Waals surface area (Å²) in [6, 6.07) is 9.85. The number of Topliss-reactive ketones (excluding diaryl/α,β-unsaturated/α-hetero) is 1. The Balaban J connectivity index is 1.87. The molecule has 1 aromatic carbocycles. The Morgan fingerprint density at radius 2 is 1.87 bits per heavy atom. The number of hydrogen-bond acceptors (Lipinski definition) is 6. The van der Waals surface area contributed by atoms with Crippen LogP contribution in [-0.2, 0) is 18.3 Å². The monoisotopic (exact) mass is 414 g/mol. The highest BCUT2D eigenvalue weighted by Gasteiger charge is 2.30. The van der Waals surface area contributed by atoms with Crippen molar-refractivity contribution in [3.63, 3.8) is 0 Å². The lowest BCUT2D eigenvalue weighted by atomic mass is 10.1. The number of aromatic nitrogens is 2. The first-order valence-corrected chi connectivity index (χ1v) is 10.2. The van der Waals surface area contributed by atoms with Gasteiger partial charge in [-0.15, -0.1) is 0 Å². The first kappa shape index (κ1) is 22.0. The van der Waals surface area contributed by atoms with Crippen molar-refractivity contribution in [1.82, 2.24) is 14.0 Å². The van der Waals surface area contributed by atoms with E-state index in [1.165, 1.54) is 11.6 Å². The average molecular weight is 415 g/mol. The summed E-state index contributed by atoms with van der Waals surface area (Å²) < 4.78 is 8.32. The molecule has 1 fully saturated rings. The smallest absolute Gasteiger partial charge is 0.332 e. The summed E-state index contributed by atoms with van der Waals surface area (Å²) in [4.78, 5) is 40.2. The Morgan fingerprint density at radius 3 is 2.50 bits per heavy atom. The Hall–Kier alpha value is -2.71. The molecule has 1 aromatic heterocycles. The van der Waals surface area contributed by atoms with Gasteiger partial charge in [-0.2, -0.15) is 0 Å². The minimum absolute atomic E-state index is 0.0381. The molecule has 0 aliphatic carbocycles. The standard InChI is InChI=1S/C22H30N4O4/c1-14(2)10-26-20(23)19(21(28)24(4)22(26)29)17(27)12-25-11-15(3)30-18(13-25)16-8-6-5-7-9-16/h5-9,14-15,18H,10-13,23H2,1-4H3. The van der Waals surface area contributed by atoms with Crippen LogP contribution in [0.3, 0.4) is 0 Å². The second-order valence-electron chi connectivity index (χ2n) is 8.37. The van der Waals surface area contributed by atoms with E-state index >= 15 is 0 Å². The molecule has 2 heterocycles. The van der Waals surface area contributed by atoms with E-state index in [1.807, 2.05) is 56.0 Å². The molecule has 8 nitrogen and oxygen atoms in total. The fourth-order valence-corrected chi connectivity index (χ4v) is 3.89. The molecule has 2 unspecified atom stereocenters. The molecule has 2 atom stereocenters. The van der Waals surface area contributed by atoms with E-state index in [2.05, 4.69) is 0 Å². The van der Waals surface area contributed by atoms with Gasteiger partial charge in [-0.1, -0.05) is 44.2 Å². The highest BCUT2D eigenvalue weighted by atomic mass is 16.5. The summed E-state index contributed by atoms with van der Waals surface area (Å²) in [5.41, 5.74) is 5.91. The van der Waals surface area contributed by atoms with Crippen LogP contribution in [0.25, 0.3) is 0 Å². The maximum Gasteiger partial charge on any atom is 0.332 e. The van der Waals surface area contributed by atoms with Gasteiger partial charge in [0.25, 0.3) is 5.56 Å². The topological polar surface area (TPSA) is 99.6 Å². The molecule has 3 rings (SSSR count). The Labute approximate surface area is 175 Å². The number of hydrogen-bond donors (Lipinski definition) is 1. The first-order valence-electron chi connectivity index (χ1n) is 10.2. The first-order chi connectivity index (χ1) is 14.2. The molecule has 0 bridgehead atoms. The second-order valence-corrected chi connectivity index (χ2v) is 8.37. The molecule has 0 amide bonds. The van der Waals surface area contributed by atoms with E-state index in [1.54, 1.807) is 0 Å². The van der Waals surface area contributed by atoms with Gasteiger partial charge in [-0.3, -0.25) is 23.6 Å². The van der Waals surface area contributed by atoms with Crippen LogP contribution in [0.1, 0.15) is 42.8 Å². The molecule has 30 heavy (non-hydrogen) atoms. The largest absolute Gasteiger partial charge is 0.384 e. The summed E-state index contributed by atoms with van der Waals surface area (Å²) >= 11 is 0. The van der Waals surface area contributed by atoms with Crippen LogP contribution in [0, 0.1) is 5.92 Å². The lowest BCUT2D eigenvalue weighted by Gasteiger charge is -2.36. The van der Waals surface area contributed by atoms with Gasteiger partial charge in [0.15, 0.2) is 5.78 Å². The number of nitrogens with two attached hydrogens (primary N) is 1. The number of carbonyl (C=O) groups is 1. The fraction of sp³-hybridized carbons (Fsp3) is 0.500. The van der Waals surface area contributed by atoms with Gasteiger partial charge < -0.3 is 10.5 Å². The van der Waals surface area contributed by atoms with Gasteiger partial charge in [0, 0.05) is 26.7 Å². The van der Waals surface area contributed by atoms with Gasteiger partial charge >= 0.3 is 5.69 Å². The Kier molecular flexibility index (Phi) is 6.58. The highest BCUT2D eigenvalue weighted by molar-refractivity contribution is 6.01. The minimum Gasteiger partial charge on any atom is -0.384 e. The van der Waals surface area contributed by atoms with E-state index in [-0.39, 0.29) is 41.8 Å². The molecule has 0 saturated carbocycles. The SMILES string of the molecule is CC(C)Cn1c(N)c(C(=O)CN2CC(C)OC(c3ccccc3)C2)c(=O)n(C)c1=O. The molecular formula is C22H30N4O4. The predicted octanol–water partition coefficient (Wildman–Crippen LogP) is 1.43. The maximum absolute atomic E-state index is 13.1. The summed E-state index contributed by atoms with van der Waals surface area (Å²) in [5, 5.41) is 0. The lowest BCUT2D eigenvalue weighted by molar-refractivity contribution is -0.0762. The normalized spacial score (nSPS) is 19.9. The van der Waals surface area contributed by atoms with E-state index in [0.29, 0.717) is 19.6 Å². The minimum atomic E-state index is -0.650. The van der Waals surface area contributed by atoms with Crippen molar-refractivity contribution in [3.8, 4) is 0 Å². The number of ether oxygens (including phenoxy) is 1. The Bertz CT molecular complexity index is 1030. The highest BCUT2D eigenvalue weighted by Crippen LogP contribution is 2.25. The van der Waals surface area contributed by atoms with E-state index in [4.69, 9.17) is 10.5 Å². The van der Waals surface area contributed by atoms with Crippen molar-refractivity contribution in [1.29, 1.82) is 0 Å². The van der Waals surface area contributed by atoms with Crippen molar-refractivity contribution in [2.45, 2.75) is 39.5 Å². The van der Waals surface area contributed by atoms with Crippen LogP contribution >= 0.6 is 0 Å². The van der Waals surface area contributed by atoms with E-state index < -0.39 is 11.2 Å². The number of carbonyl (C=O) groups excluding carboxylic acids is 1. The molecule has 0 spiro atoms. The van der Waals surface area contributed by atoms with Crippen molar-refractivity contribution < 1.29 is 9.53 Å². The second kappa shape index (κ2) is 8.97. The number of anilines is 1. The fourth-order valence-electron chi connectivity index (χ4n) is 3.89. The zero-order valence-electron chi connectivity index (χ0n) is 18.0. The van der Waals surface area contributed by atoms with E-state index in [0.717, 1.165) is 10.1 Å². The van der Waals surface area contributed by atoms with Crippen molar-refractivity contribution >= 4 is 11.6 Å². The average Bonchev–Trinajstić information content (AvgIpc) is 2.70. The van der Waals surface area contributed by atoms with Crippen LogP contribution in [-0.4, -0.2) is 45.6 Å². The van der Waals surface area contributed by atoms with Gasteiger partial charge in [-0.25, -0.2) is 4.79 Å². The zero-order chi connectivity index (χ0) is 22.0. The van der Waals surface area contributed by atoms with Gasteiger partial charge in [-0.05, 0) is 18.4 Å². The Morgan fingerprint density at radius 1 is 1.20 bits per heavy atom. The summed E-state index contributed by atoms with van der Waals surface area (Å²) in [7, 11) is 1.37. The number of rotatable bonds is 6. The third-order valence-electron chi connectivity index (χ3n) is 5.28. The van der Waals surface area contributed by atoms with Gasteiger partial charge in [0.2, 0.25) is 0 Å². The van der Waals surface area contributed by atoms with Crippen LogP contribution in [0.5, 0.6) is 0 Å². The molecule has 1 aliphatic rings. The molecule has 8 heteroatoms. The molecule has 162 valence electrons.